The van der Waals surface area contributed by atoms with Crippen LogP contribution >= 0.6 is 11.6 Å². The van der Waals surface area contributed by atoms with E-state index in [4.69, 9.17) is 11.6 Å². The number of benzene rings is 1. The number of aromatic nitrogens is 4. The quantitative estimate of drug-likeness (QED) is 0.583. The van der Waals surface area contributed by atoms with Crippen molar-refractivity contribution in [2.24, 2.45) is 7.05 Å². The standard InChI is InChI=1S/C19H15ClN4O2/c1-24-11-21-10-17(24)19(26,16-6-4-14(20)9-22-16)13-3-5-15-12(8-13)2-7-18(25)23-15/h2-11,26H,1H3,(H,23,25). The lowest BCUT2D eigenvalue weighted by Gasteiger charge is -2.29. The first-order valence-corrected chi connectivity index (χ1v) is 8.31. The third-order valence-corrected chi connectivity index (χ3v) is 4.65. The third kappa shape index (κ3) is 2.60. The van der Waals surface area contributed by atoms with Gasteiger partial charge in [-0.2, -0.15) is 0 Å². The van der Waals surface area contributed by atoms with E-state index in [9.17, 15) is 9.90 Å². The van der Waals surface area contributed by atoms with Crippen LogP contribution in [0.1, 0.15) is 17.0 Å². The number of halogens is 1. The van der Waals surface area contributed by atoms with Crippen molar-refractivity contribution in [2.75, 3.05) is 0 Å². The number of hydrogen-bond acceptors (Lipinski definition) is 4. The minimum absolute atomic E-state index is 0.175. The lowest BCUT2D eigenvalue weighted by Crippen LogP contribution is -2.32. The molecule has 0 fully saturated rings. The normalized spacial score (nSPS) is 13.7. The zero-order chi connectivity index (χ0) is 18.3. The molecule has 2 N–H and O–H groups in total. The first-order chi connectivity index (χ1) is 12.5. The van der Waals surface area contributed by atoms with Gasteiger partial charge in [-0.05, 0) is 41.3 Å². The SMILES string of the molecule is Cn1cncc1C(O)(c1ccc2[nH]c(=O)ccc2c1)c1ccc(Cl)cn1. The summed E-state index contributed by atoms with van der Waals surface area (Å²) in [5, 5.41) is 13.0. The Bertz CT molecular complexity index is 1150. The fourth-order valence-corrected chi connectivity index (χ4v) is 3.21. The fourth-order valence-electron chi connectivity index (χ4n) is 3.10. The fraction of sp³-hybridized carbons (Fsp3) is 0.105. The maximum absolute atomic E-state index is 11.8. The highest BCUT2D eigenvalue weighted by Gasteiger charge is 2.38. The highest BCUT2D eigenvalue weighted by molar-refractivity contribution is 6.30. The van der Waals surface area contributed by atoms with E-state index in [1.807, 2.05) is 13.1 Å². The summed E-state index contributed by atoms with van der Waals surface area (Å²) in [6, 6.07) is 11.9. The van der Waals surface area contributed by atoms with Gasteiger partial charge in [0.05, 0.1) is 28.9 Å². The number of imidazole rings is 1. The van der Waals surface area contributed by atoms with Crippen molar-refractivity contribution in [3.63, 3.8) is 0 Å². The van der Waals surface area contributed by atoms with E-state index >= 15 is 0 Å². The molecule has 3 heterocycles. The van der Waals surface area contributed by atoms with Gasteiger partial charge in [0.15, 0.2) is 5.60 Å². The summed E-state index contributed by atoms with van der Waals surface area (Å²) in [5.74, 6) is 0. The second-order valence-corrected chi connectivity index (χ2v) is 6.52. The van der Waals surface area contributed by atoms with E-state index in [0.29, 0.717) is 27.5 Å². The molecule has 4 rings (SSSR count). The number of nitrogens with one attached hydrogen (secondary N) is 1. The predicted molar refractivity (Wildman–Crippen MR) is 99.1 cm³/mol. The Balaban J connectivity index is 1.99. The number of pyridine rings is 2. The van der Waals surface area contributed by atoms with Crippen molar-refractivity contribution in [1.82, 2.24) is 19.5 Å². The van der Waals surface area contributed by atoms with Gasteiger partial charge in [0, 0.05) is 24.8 Å². The first-order valence-electron chi connectivity index (χ1n) is 7.93. The predicted octanol–water partition coefficient (Wildman–Crippen LogP) is 2.59. The molecule has 1 unspecified atom stereocenters. The monoisotopic (exact) mass is 366 g/mol. The number of aromatic amines is 1. The first kappa shape index (κ1) is 16.5. The van der Waals surface area contributed by atoms with E-state index in [2.05, 4.69) is 15.0 Å². The summed E-state index contributed by atoms with van der Waals surface area (Å²) in [7, 11) is 1.81. The highest BCUT2D eigenvalue weighted by atomic mass is 35.5. The second kappa shape index (κ2) is 6.09. The molecule has 0 aliphatic heterocycles. The molecular weight excluding hydrogens is 352 g/mol. The average molecular weight is 367 g/mol. The van der Waals surface area contributed by atoms with Gasteiger partial charge in [0.1, 0.15) is 0 Å². The molecule has 0 aliphatic rings. The Morgan fingerprint density at radius 3 is 2.69 bits per heavy atom. The molecule has 0 saturated carbocycles. The zero-order valence-electron chi connectivity index (χ0n) is 13.8. The number of hydrogen-bond donors (Lipinski definition) is 2. The molecular formula is C19H15ClN4O2. The van der Waals surface area contributed by atoms with Crippen molar-refractivity contribution < 1.29 is 5.11 Å². The summed E-state index contributed by atoms with van der Waals surface area (Å²) in [5.41, 5.74) is 0.588. The number of fused-ring (bicyclic) bond motifs is 1. The van der Waals surface area contributed by atoms with Crippen molar-refractivity contribution in [2.45, 2.75) is 5.60 Å². The number of aryl methyl sites for hydroxylation is 1. The molecule has 0 bridgehead atoms. The Kier molecular flexibility index (Phi) is 3.86. The minimum Gasteiger partial charge on any atom is -0.373 e. The van der Waals surface area contributed by atoms with E-state index < -0.39 is 5.60 Å². The molecule has 6 nitrogen and oxygen atoms in total. The number of H-pyrrole nitrogens is 1. The van der Waals surface area contributed by atoms with Gasteiger partial charge >= 0.3 is 0 Å². The molecule has 26 heavy (non-hydrogen) atoms. The maximum atomic E-state index is 11.8. The van der Waals surface area contributed by atoms with Crippen LogP contribution in [-0.2, 0) is 12.6 Å². The number of rotatable bonds is 3. The van der Waals surface area contributed by atoms with Crippen molar-refractivity contribution >= 4 is 22.5 Å². The maximum Gasteiger partial charge on any atom is 0.248 e. The lowest BCUT2D eigenvalue weighted by molar-refractivity contribution is 0.113. The van der Waals surface area contributed by atoms with Gasteiger partial charge in [0.25, 0.3) is 0 Å². The Morgan fingerprint density at radius 2 is 2.00 bits per heavy atom. The zero-order valence-corrected chi connectivity index (χ0v) is 14.6. The molecule has 4 aromatic rings. The van der Waals surface area contributed by atoms with E-state index in [-0.39, 0.29) is 5.56 Å². The molecule has 0 aliphatic carbocycles. The van der Waals surface area contributed by atoms with Gasteiger partial charge in [-0.1, -0.05) is 17.7 Å². The van der Waals surface area contributed by atoms with E-state index in [1.54, 1.807) is 47.4 Å². The highest BCUT2D eigenvalue weighted by Crippen LogP contribution is 2.36. The van der Waals surface area contributed by atoms with Gasteiger partial charge in [-0.25, -0.2) is 4.98 Å². The van der Waals surface area contributed by atoms with Crippen molar-refractivity contribution in [3.05, 3.63) is 93.5 Å². The molecule has 0 spiro atoms. The molecule has 3 aromatic heterocycles. The second-order valence-electron chi connectivity index (χ2n) is 6.09. The Hall–Kier alpha value is -2.96. The third-order valence-electron chi connectivity index (χ3n) is 4.43. The van der Waals surface area contributed by atoms with Gasteiger partial charge in [-0.3, -0.25) is 9.78 Å². The minimum atomic E-state index is -1.53. The van der Waals surface area contributed by atoms with Gasteiger partial charge in [-0.15, -0.1) is 0 Å². The lowest BCUT2D eigenvalue weighted by atomic mass is 9.86. The molecule has 7 heteroatoms. The summed E-state index contributed by atoms with van der Waals surface area (Å²) in [4.78, 5) is 22.8. The van der Waals surface area contributed by atoms with Crippen LogP contribution in [0, 0.1) is 0 Å². The van der Waals surface area contributed by atoms with Crippen molar-refractivity contribution in [1.29, 1.82) is 0 Å². The van der Waals surface area contributed by atoms with Crippen LogP contribution in [0.15, 0.2) is 66.0 Å². The number of aliphatic hydroxyl groups is 1. The molecule has 0 radical (unpaired) electrons. The van der Waals surface area contributed by atoms with Crippen LogP contribution in [0.4, 0.5) is 0 Å². The van der Waals surface area contributed by atoms with Crippen LogP contribution in [0.2, 0.25) is 5.02 Å². The molecule has 130 valence electrons. The summed E-state index contributed by atoms with van der Waals surface area (Å²) >= 11 is 5.96. The largest absolute Gasteiger partial charge is 0.373 e. The molecule has 1 atom stereocenters. The van der Waals surface area contributed by atoms with Crippen LogP contribution in [-0.4, -0.2) is 24.6 Å². The molecule has 0 amide bonds. The van der Waals surface area contributed by atoms with Crippen LogP contribution in [0.25, 0.3) is 10.9 Å². The smallest absolute Gasteiger partial charge is 0.248 e. The molecule has 0 saturated heterocycles. The van der Waals surface area contributed by atoms with Crippen LogP contribution in [0.5, 0.6) is 0 Å². The average Bonchev–Trinajstić information content (AvgIpc) is 3.07. The topological polar surface area (TPSA) is 83.8 Å². The van der Waals surface area contributed by atoms with Gasteiger partial charge in [0.2, 0.25) is 5.56 Å². The molecule has 1 aromatic carbocycles. The summed E-state index contributed by atoms with van der Waals surface area (Å²) in [6.07, 6.45) is 4.72. The Labute approximate surface area is 153 Å². The van der Waals surface area contributed by atoms with E-state index in [1.165, 1.54) is 12.3 Å². The van der Waals surface area contributed by atoms with Crippen LogP contribution in [0.3, 0.4) is 0 Å². The van der Waals surface area contributed by atoms with Crippen LogP contribution < -0.4 is 5.56 Å². The van der Waals surface area contributed by atoms with E-state index in [0.717, 1.165) is 5.39 Å². The summed E-state index contributed by atoms with van der Waals surface area (Å²) in [6.45, 7) is 0. The number of nitrogens with zero attached hydrogens (tertiary/aromatic N) is 3. The van der Waals surface area contributed by atoms with Gasteiger partial charge < -0.3 is 14.7 Å². The summed E-state index contributed by atoms with van der Waals surface area (Å²) < 4.78 is 1.74. The Morgan fingerprint density at radius 1 is 1.15 bits per heavy atom. The van der Waals surface area contributed by atoms with Crippen molar-refractivity contribution in [3.8, 4) is 0 Å².